The van der Waals surface area contributed by atoms with Crippen LogP contribution in [0.1, 0.15) is 38.5 Å². The van der Waals surface area contributed by atoms with Crippen molar-refractivity contribution in [1.29, 1.82) is 0 Å². The Kier molecular flexibility index (Phi) is 3.40. The van der Waals surface area contributed by atoms with Gasteiger partial charge in [-0.05, 0) is 38.4 Å². The molecule has 2 rings (SSSR count). The molecule has 2 atom stereocenters. The van der Waals surface area contributed by atoms with Gasteiger partial charge in [-0.25, -0.2) is 0 Å². The first-order chi connectivity index (χ1) is 6.76. The van der Waals surface area contributed by atoms with Gasteiger partial charge in [-0.15, -0.1) is 0 Å². The van der Waals surface area contributed by atoms with Crippen molar-refractivity contribution in [3.05, 3.63) is 0 Å². The van der Waals surface area contributed by atoms with Crippen LogP contribution in [0.2, 0.25) is 0 Å². The number of hydrogen-bond acceptors (Lipinski definition) is 3. The van der Waals surface area contributed by atoms with E-state index in [0.29, 0.717) is 10.8 Å². The van der Waals surface area contributed by atoms with Crippen molar-refractivity contribution in [3.8, 4) is 0 Å². The van der Waals surface area contributed by atoms with Crippen LogP contribution in [0.4, 0.5) is 0 Å². The van der Waals surface area contributed by atoms with Gasteiger partial charge in [0.25, 0.3) is 0 Å². The number of hydrogen-bond donors (Lipinski definition) is 2. The molecule has 14 heavy (non-hydrogen) atoms. The van der Waals surface area contributed by atoms with E-state index >= 15 is 0 Å². The Labute approximate surface area is 90.8 Å². The molecular formula is C11H21NOS. The maximum atomic E-state index is 9.68. The average Bonchev–Trinajstić information content (AvgIpc) is 2.51. The first kappa shape index (κ1) is 10.8. The van der Waals surface area contributed by atoms with E-state index in [-0.39, 0.29) is 6.10 Å². The SMILES string of the molecule is CSC1(CN[C@H]2CCC[C@@H]2O)CCC1. The monoisotopic (exact) mass is 215 g/mol. The van der Waals surface area contributed by atoms with Crippen LogP contribution in [0.3, 0.4) is 0 Å². The normalized spacial score (nSPS) is 35.6. The third kappa shape index (κ3) is 2.10. The molecule has 2 nitrogen and oxygen atoms in total. The highest BCUT2D eigenvalue weighted by molar-refractivity contribution is 8.00. The molecule has 0 aliphatic heterocycles. The fraction of sp³-hybridized carbons (Fsp3) is 1.00. The smallest absolute Gasteiger partial charge is 0.0693 e. The Morgan fingerprint density at radius 2 is 2.14 bits per heavy atom. The Bertz CT molecular complexity index is 188. The predicted molar refractivity (Wildman–Crippen MR) is 61.7 cm³/mol. The molecule has 2 aliphatic carbocycles. The van der Waals surface area contributed by atoms with E-state index in [1.807, 2.05) is 11.8 Å². The lowest BCUT2D eigenvalue weighted by atomic mass is 9.84. The molecule has 0 spiro atoms. The minimum absolute atomic E-state index is 0.0889. The maximum absolute atomic E-state index is 9.68. The number of thioether (sulfide) groups is 1. The molecule has 0 saturated heterocycles. The summed E-state index contributed by atoms with van der Waals surface area (Å²) in [5, 5.41) is 13.2. The molecule has 0 heterocycles. The highest BCUT2D eigenvalue weighted by Gasteiger charge is 2.37. The molecule has 3 heteroatoms. The zero-order valence-electron chi connectivity index (χ0n) is 8.96. The topological polar surface area (TPSA) is 32.3 Å². The largest absolute Gasteiger partial charge is 0.392 e. The van der Waals surface area contributed by atoms with E-state index < -0.39 is 0 Å². The van der Waals surface area contributed by atoms with Crippen LogP contribution in [-0.2, 0) is 0 Å². The van der Waals surface area contributed by atoms with Crippen molar-refractivity contribution >= 4 is 11.8 Å². The van der Waals surface area contributed by atoms with Gasteiger partial charge in [0, 0.05) is 17.3 Å². The highest BCUT2D eigenvalue weighted by atomic mass is 32.2. The molecule has 0 bridgehead atoms. The predicted octanol–water partition coefficient (Wildman–Crippen LogP) is 1.78. The summed E-state index contributed by atoms with van der Waals surface area (Å²) in [6.07, 6.45) is 9.55. The minimum Gasteiger partial charge on any atom is -0.392 e. The molecule has 0 radical (unpaired) electrons. The van der Waals surface area contributed by atoms with Gasteiger partial charge in [-0.3, -0.25) is 0 Å². The highest BCUT2D eigenvalue weighted by Crippen LogP contribution is 2.42. The lowest BCUT2D eigenvalue weighted by Gasteiger charge is -2.41. The Hall–Kier alpha value is 0.270. The van der Waals surface area contributed by atoms with Gasteiger partial charge < -0.3 is 10.4 Å². The molecule has 2 fully saturated rings. The van der Waals surface area contributed by atoms with Crippen molar-refractivity contribution in [2.24, 2.45) is 0 Å². The van der Waals surface area contributed by atoms with Crippen molar-refractivity contribution in [2.45, 2.75) is 55.4 Å². The summed E-state index contributed by atoms with van der Waals surface area (Å²) in [7, 11) is 0. The molecule has 2 aliphatic rings. The third-order valence-corrected chi connectivity index (χ3v) is 5.28. The second-order valence-electron chi connectivity index (χ2n) is 4.73. The lowest BCUT2D eigenvalue weighted by molar-refractivity contribution is 0.145. The third-order valence-electron chi connectivity index (χ3n) is 3.86. The summed E-state index contributed by atoms with van der Waals surface area (Å²) >= 11 is 2.00. The lowest BCUT2D eigenvalue weighted by Crippen LogP contribution is -2.48. The second-order valence-corrected chi connectivity index (χ2v) is 6.00. The Morgan fingerprint density at radius 3 is 2.57 bits per heavy atom. The average molecular weight is 215 g/mol. The minimum atomic E-state index is -0.0889. The first-order valence-corrected chi connectivity index (χ1v) is 6.95. The summed E-state index contributed by atoms with van der Waals surface area (Å²) in [5.74, 6) is 0. The van der Waals surface area contributed by atoms with Crippen LogP contribution in [0.5, 0.6) is 0 Å². The van der Waals surface area contributed by atoms with Crippen LogP contribution in [-0.4, -0.2) is 34.8 Å². The molecule has 82 valence electrons. The van der Waals surface area contributed by atoms with Crippen LogP contribution in [0, 0.1) is 0 Å². The van der Waals surface area contributed by atoms with Gasteiger partial charge in [0.2, 0.25) is 0 Å². The van der Waals surface area contributed by atoms with E-state index in [4.69, 9.17) is 0 Å². The molecule has 0 aromatic carbocycles. The molecule has 0 unspecified atom stereocenters. The molecule has 2 N–H and O–H groups in total. The number of aliphatic hydroxyl groups excluding tert-OH is 1. The molecule has 2 saturated carbocycles. The summed E-state index contributed by atoms with van der Waals surface area (Å²) in [6.45, 7) is 1.09. The van der Waals surface area contributed by atoms with Crippen LogP contribution < -0.4 is 5.32 Å². The van der Waals surface area contributed by atoms with E-state index in [2.05, 4.69) is 11.6 Å². The summed E-state index contributed by atoms with van der Waals surface area (Å²) in [5.41, 5.74) is 0. The van der Waals surface area contributed by atoms with E-state index in [0.717, 1.165) is 19.4 Å². The number of rotatable bonds is 4. The van der Waals surface area contributed by atoms with E-state index in [1.54, 1.807) is 0 Å². The van der Waals surface area contributed by atoms with E-state index in [9.17, 15) is 5.11 Å². The zero-order chi connectivity index (χ0) is 10.0. The van der Waals surface area contributed by atoms with Crippen molar-refractivity contribution in [1.82, 2.24) is 5.32 Å². The van der Waals surface area contributed by atoms with E-state index in [1.165, 1.54) is 25.7 Å². The van der Waals surface area contributed by atoms with Gasteiger partial charge in [0.05, 0.1) is 6.10 Å². The van der Waals surface area contributed by atoms with Crippen molar-refractivity contribution in [2.75, 3.05) is 12.8 Å². The van der Waals surface area contributed by atoms with Gasteiger partial charge >= 0.3 is 0 Å². The van der Waals surface area contributed by atoms with Gasteiger partial charge in [-0.1, -0.05) is 6.42 Å². The molecule has 0 aromatic rings. The summed E-state index contributed by atoms with van der Waals surface area (Å²) < 4.78 is 0.502. The standard InChI is InChI=1S/C11H21NOS/c1-14-11(6-3-7-11)8-12-9-4-2-5-10(9)13/h9-10,12-13H,2-8H2,1H3/t9-,10-/m0/s1. The Balaban J connectivity index is 1.75. The maximum Gasteiger partial charge on any atom is 0.0693 e. The second kappa shape index (κ2) is 4.42. The Morgan fingerprint density at radius 1 is 1.36 bits per heavy atom. The van der Waals surface area contributed by atoms with Crippen molar-refractivity contribution in [3.63, 3.8) is 0 Å². The van der Waals surface area contributed by atoms with Gasteiger partial charge in [0.15, 0.2) is 0 Å². The van der Waals surface area contributed by atoms with Gasteiger partial charge in [-0.2, -0.15) is 11.8 Å². The fourth-order valence-electron chi connectivity index (χ4n) is 2.52. The quantitative estimate of drug-likeness (QED) is 0.750. The van der Waals surface area contributed by atoms with Gasteiger partial charge in [0.1, 0.15) is 0 Å². The molecule has 0 amide bonds. The fourth-order valence-corrected chi connectivity index (χ4v) is 3.44. The van der Waals surface area contributed by atoms with Crippen LogP contribution in [0.15, 0.2) is 0 Å². The molecular weight excluding hydrogens is 194 g/mol. The number of nitrogens with one attached hydrogen (secondary N) is 1. The first-order valence-electron chi connectivity index (χ1n) is 5.72. The zero-order valence-corrected chi connectivity index (χ0v) is 9.78. The summed E-state index contributed by atoms with van der Waals surface area (Å²) in [4.78, 5) is 0. The van der Waals surface area contributed by atoms with Crippen molar-refractivity contribution < 1.29 is 5.11 Å². The molecule has 0 aromatic heterocycles. The van der Waals surface area contributed by atoms with Crippen LogP contribution >= 0.6 is 11.8 Å². The van der Waals surface area contributed by atoms with Crippen LogP contribution in [0.25, 0.3) is 0 Å². The number of aliphatic hydroxyl groups is 1. The summed E-state index contributed by atoms with van der Waals surface area (Å²) in [6, 6.07) is 0.375.